The molecule has 0 unspecified atom stereocenters. The van der Waals surface area contributed by atoms with Gasteiger partial charge in [-0.15, -0.1) is 0 Å². The molecule has 0 amide bonds. The van der Waals surface area contributed by atoms with E-state index in [9.17, 15) is 5.11 Å². The molecule has 3 rings (SSSR count). The maximum Gasteiger partial charge on any atom is 0.132 e. The Hall–Kier alpha value is -2.03. The first-order chi connectivity index (χ1) is 9.03. The van der Waals surface area contributed by atoms with Crippen molar-refractivity contribution in [1.82, 2.24) is 4.98 Å². The maximum atomic E-state index is 10.3. The first-order valence-electron chi connectivity index (χ1n) is 6.52. The lowest BCUT2D eigenvalue weighted by molar-refractivity contribution is 0.105. The van der Waals surface area contributed by atoms with Crippen molar-refractivity contribution in [2.75, 3.05) is 0 Å². The van der Waals surface area contributed by atoms with Crippen molar-refractivity contribution >= 4 is 0 Å². The number of aromatic nitrogens is 1. The molecule has 0 bridgehead atoms. The van der Waals surface area contributed by atoms with Gasteiger partial charge in [-0.05, 0) is 44.0 Å². The summed E-state index contributed by atoms with van der Waals surface area (Å²) in [5, 5.41) is 10.3. The SMILES string of the molecule is CCc1cc(O)c2c(c1)OC(C)(C)c1ccncc1-2. The van der Waals surface area contributed by atoms with Crippen LogP contribution in [0.4, 0.5) is 0 Å². The van der Waals surface area contributed by atoms with Crippen molar-refractivity contribution in [1.29, 1.82) is 0 Å². The van der Waals surface area contributed by atoms with Gasteiger partial charge in [-0.2, -0.15) is 0 Å². The largest absolute Gasteiger partial charge is 0.507 e. The number of aryl methyl sites for hydroxylation is 1. The van der Waals surface area contributed by atoms with E-state index < -0.39 is 5.60 Å². The molecule has 0 aliphatic carbocycles. The highest BCUT2D eigenvalue weighted by atomic mass is 16.5. The first kappa shape index (κ1) is 12.0. The molecule has 98 valence electrons. The molecule has 0 fully saturated rings. The van der Waals surface area contributed by atoms with Crippen molar-refractivity contribution in [3.05, 3.63) is 41.7 Å². The molecule has 1 aromatic heterocycles. The number of aromatic hydroxyl groups is 1. The number of nitrogens with zero attached hydrogens (tertiary/aromatic N) is 1. The number of phenols is 1. The fraction of sp³-hybridized carbons (Fsp3) is 0.312. The number of hydrogen-bond donors (Lipinski definition) is 1. The number of hydrogen-bond acceptors (Lipinski definition) is 3. The summed E-state index contributed by atoms with van der Waals surface area (Å²) in [6, 6.07) is 5.76. The van der Waals surface area contributed by atoms with E-state index in [4.69, 9.17) is 4.74 Å². The summed E-state index contributed by atoms with van der Waals surface area (Å²) in [7, 11) is 0. The predicted molar refractivity (Wildman–Crippen MR) is 74.4 cm³/mol. The fourth-order valence-corrected chi connectivity index (χ4v) is 2.66. The Bertz CT molecular complexity index is 647. The lowest BCUT2D eigenvalue weighted by atomic mass is 9.86. The molecule has 0 saturated heterocycles. The molecule has 2 aromatic rings. The van der Waals surface area contributed by atoms with Crippen molar-refractivity contribution < 1.29 is 9.84 Å². The van der Waals surface area contributed by atoms with E-state index in [0.717, 1.165) is 34.4 Å². The van der Waals surface area contributed by atoms with Gasteiger partial charge in [0.15, 0.2) is 0 Å². The highest BCUT2D eigenvalue weighted by Gasteiger charge is 2.34. The summed E-state index contributed by atoms with van der Waals surface area (Å²) in [4.78, 5) is 4.18. The number of benzene rings is 1. The molecule has 1 aliphatic heterocycles. The van der Waals surface area contributed by atoms with E-state index in [2.05, 4.69) is 11.9 Å². The summed E-state index contributed by atoms with van der Waals surface area (Å²) >= 11 is 0. The van der Waals surface area contributed by atoms with Crippen LogP contribution in [-0.4, -0.2) is 10.1 Å². The van der Waals surface area contributed by atoms with Crippen LogP contribution in [0.5, 0.6) is 11.5 Å². The zero-order valence-electron chi connectivity index (χ0n) is 11.4. The number of phenolic OH excluding ortho intramolecular Hbond substituents is 1. The monoisotopic (exact) mass is 255 g/mol. The highest BCUT2D eigenvalue weighted by Crippen LogP contribution is 2.48. The maximum absolute atomic E-state index is 10.3. The van der Waals surface area contributed by atoms with E-state index in [1.807, 2.05) is 26.0 Å². The molecular weight excluding hydrogens is 238 g/mol. The van der Waals surface area contributed by atoms with Gasteiger partial charge in [-0.25, -0.2) is 0 Å². The molecule has 1 aromatic carbocycles. The van der Waals surface area contributed by atoms with Gasteiger partial charge in [0.05, 0.1) is 5.56 Å². The summed E-state index contributed by atoms with van der Waals surface area (Å²) in [6.07, 6.45) is 4.42. The smallest absolute Gasteiger partial charge is 0.132 e. The third-order valence-electron chi connectivity index (χ3n) is 3.65. The molecule has 0 atom stereocenters. The van der Waals surface area contributed by atoms with Crippen LogP contribution in [0.2, 0.25) is 0 Å². The molecule has 2 heterocycles. The Morgan fingerprint density at radius 3 is 2.84 bits per heavy atom. The van der Waals surface area contributed by atoms with E-state index in [1.54, 1.807) is 18.5 Å². The van der Waals surface area contributed by atoms with Crippen LogP contribution in [0.25, 0.3) is 11.1 Å². The summed E-state index contributed by atoms with van der Waals surface area (Å²) in [6.45, 7) is 6.12. The van der Waals surface area contributed by atoms with Gasteiger partial charge in [0.1, 0.15) is 17.1 Å². The quantitative estimate of drug-likeness (QED) is 0.845. The lowest BCUT2D eigenvalue weighted by Crippen LogP contribution is -2.29. The molecule has 3 nitrogen and oxygen atoms in total. The standard InChI is InChI=1S/C16H17NO2/c1-4-10-7-13(18)15-11-9-17-6-5-12(11)16(2,3)19-14(15)8-10/h5-9,18H,4H2,1-3H3. The Balaban J connectivity index is 2.32. The van der Waals surface area contributed by atoms with Crippen molar-refractivity contribution in [3.63, 3.8) is 0 Å². The molecule has 1 N–H and O–H groups in total. The van der Waals surface area contributed by atoms with E-state index >= 15 is 0 Å². The second-order valence-electron chi connectivity index (χ2n) is 5.38. The normalized spacial score (nSPS) is 15.3. The topological polar surface area (TPSA) is 42.4 Å². The minimum Gasteiger partial charge on any atom is -0.507 e. The zero-order chi connectivity index (χ0) is 13.6. The molecule has 0 radical (unpaired) electrons. The average molecular weight is 255 g/mol. The third kappa shape index (κ3) is 1.77. The van der Waals surface area contributed by atoms with Crippen molar-refractivity contribution in [3.8, 4) is 22.6 Å². The third-order valence-corrected chi connectivity index (χ3v) is 3.65. The van der Waals surface area contributed by atoms with Gasteiger partial charge in [0.25, 0.3) is 0 Å². The van der Waals surface area contributed by atoms with Gasteiger partial charge >= 0.3 is 0 Å². The van der Waals surface area contributed by atoms with Gasteiger partial charge in [-0.1, -0.05) is 6.92 Å². The first-order valence-corrected chi connectivity index (χ1v) is 6.52. The molecule has 1 aliphatic rings. The molecule has 0 spiro atoms. The van der Waals surface area contributed by atoms with Crippen LogP contribution < -0.4 is 4.74 Å². The number of fused-ring (bicyclic) bond motifs is 3. The van der Waals surface area contributed by atoms with Crippen LogP contribution in [0.3, 0.4) is 0 Å². The minimum atomic E-state index is -0.413. The Labute approximate surface area is 112 Å². The van der Waals surface area contributed by atoms with Crippen molar-refractivity contribution in [2.24, 2.45) is 0 Å². The van der Waals surface area contributed by atoms with Crippen LogP contribution in [0.15, 0.2) is 30.6 Å². The van der Waals surface area contributed by atoms with Crippen molar-refractivity contribution in [2.45, 2.75) is 32.8 Å². The van der Waals surface area contributed by atoms with Gasteiger partial charge in [0, 0.05) is 23.5 Å². The van der Waals surface area contributed by atoms with Crippen LogP contribution in [-0.2, 0) is 12.0 Å². The predicted octanol–water partition coefficient (Wildman–Crippen LogP) is 3.64. The Morgan fingerprint density at radius 1 is 1.32 bits per heavy atom. The number of pyridine rings is 1. The minimum absolute atomic E-state index is 0.263. The number of rotatable bonds is 1. The second kappa shape index (κ2) is 3.98. The average Bonchev–Trinajstić information content (AvgIpc) is 2.37. The Morgan fingerprint density at radius 2 is 2.11 bits per heavy atom. The summed E-state index contributed by atoms with van der Waals surface area (Å²) in [5.41, 5.74) is 3.41. The summed E-state index contributed by atoms with van der Waals surface area (Å²) in [5.74, 6) is 1.00. The number of ether oxygens (including phenoxy) is 1. The highest BCUT2D eigenvalue weighted by molar-refractivity contribution is 5.81. The van der Waals surface area contributed by atoms with Crippen LogP contribution in [0.1, 0.15) is 31.9 Å². The van der Waals surface area contributed by atoms with Gasteiger partial charge in [0.2, 0.25) is 0 Å². The lowest BCUT2D eigenvalue weighted by Gasteiger charge is -2.35. The zero-order valence-corrected chi connectivity index (χ0v) is 11.4. The van der Waals surface area contributed by atoms with Gasteiger partial charge in [-0.3, -0.25) is 4.98 Å². The molecule has 3 heteroatoms. The van der Waals surface area contributed by atoms with E-state index in [0.29, 0.717) is 0 Å². The van der Waals surface area contributed by atoms with E-state index in [-0.39, 0.29) is 5.75 Å². The molecule has 19 heavy (non-hydrogen) atoms. The van der Waals surface area contributed by atoms with Gasteiger partial charge < -0.3 is 9.84 Å². The van der Waals surface area contributed by atoms with E-state index in [1.165, 1.54) is 0 Å². The molecule has 0 saturated carbocycles. The van der Waals surface area contributed by atoms with Crippen LogP contribution in [0, 0.1) is 0 Å². The second-order valence-corrected chi connectivity index (χ2v) is 5.38. The molecular formula is C16H17NO2. The Kier molecular flexibility index (Phi) is 2.52. The van der Waals surface area contributed by atoms with Crippen LogP contribution >= 0.6 is 0 Å². The summed E-state index contributed by atoms with van der Waals surface area (Å²) < 4.78 is 6.08. The fourth-order valence-electron chi connectivity index (χ4n) is 2.66.